The van der Waals surface area contributed by atoms with E-state index in [1.807, 2.05) is 31.4 Å². The first-order chi connectivity index (χ1) is 8.72. The van der Waals surface area contributed by atoms with E-state index < -0.39 is 6.10 Å². The summed E-state index contributed by atoms with van der Waals surface area (Å²) in [4.78, 5) is 0. The minimum Gasteiger partial charge on any atom is -0.387 e. The molecule has 1 aromatic heterocycles. The molecule has 0 saturated heterocycles. The van der Waals surface area contributed by atoms with E-state index >= 15 is 0 Å². The summed E-state index contributed by atoms with van der Waals surface area (Å²) >= 11 is 0. The maximum atomic E-state index is 10.7. The molecule has 0 amide bonds. The van der Waals surface area contributed by atoms with E-state index in [1.165, 1.54) is 12.0 Å². The van der Waals surface area contributed by atoms with E-state index in [0.717, 1.165) is 18.4 Å². The van der Waals surface area contributed by atoms with Crippen LogP contribution in [-0.4, -0.2) is 14.9 Å². The van der Waals surface area contributed by atoms with Crippen molar-refractivity contribution in [3.8, 4) is 0 Å². The molecule has 1 heterocycles. The van der Waals surface area contributed by atoms with E-state index in [0.29, 0.717) is 0 Å². The lowest BCUT2D eigenvalue weighted by molar-refractivity contribution is 0.0268. The van der Waals surface area contributed by atoms with Crippen LogP contribution in [-0.2, 0) is 12.5 Å². The quantitative estimate of drug-likeness (QED) is 0.898. The van der Waals surface area contributed by atoms with Crippen LogP contribution in [0, 0.1) is 0 Å². The van der Waals surface area contributed by atoms with Gasteiger partial charge in [-0.05, 0) is 18.4 Å². The molecule has 1 aliphatic carbocycles. The SMILES string of the molecule is Cn1cc(C(O)C2(c3ccccc3)CCC2)cn1. The fraction of sp³-hybridized carbons (Fsp3) is 0.400. The zero-order valence-corrected chi connectivity index (χ0v) is 10.6. The lowest BCUT2D eigenvalue weighted by Gasteiger charge is -2.45. The van der Waals surface area contributed by atoms with Gasteiger partial charge in [-0.15, -0.1) is 0 Å². The molecule has 3 nitrogen and oxygen atoms in total. The molecule has 0 spiro atoms. The van der Waals surface area contributed by atoms with E-state index in [2.05, 4.69) is 17.2 Å². The highest BCUT2D eigenvalue weighted by molar-refractivity contribution is 5.33. The molecule has 1 aromatic carbocycles. The molecular weight excluding hydrogens is 224 g/mol. The van der Waals surface area contributed by atoms with Gasteiger partial charge < -0.3 is 5.11 Å². The Balaban J connectivity index is 1.97. The molecule has 94 valence electrons. The lowest BCUT2D eigenvalue weighted by atomic mass is 9.60. The minimum absolute atomic E-state index is 0.107. The van der Waals surface area contributed by atoms with Crippen LogP contribution in [0.15, 0.2) is 42.7 Å². The Bertz CT molecular complexity index is 528. The monoisotopic (exact) mass is 242 g/mol. The fourth-order valence-corrected chi connectivity index (χ4v) is 2.95. The molecule has 3 rings (SSSR count). The highest BCUT2D eigenvalue weighted by atomic mass is 16.3. The number of aliphatic hydroxyl groups is 1. The fourth-order valence-electron chi connectivity index (χ4n) is 2.95. The predicted octanol–water partition coefficient (Wildman–Crippen LogP) is 2.58. The molecule has 1 N–H and O–H groups in total. The van der Waals surface area contributed by atoms with E-state index in [4.69, 9.17) is 0 Å². The summed E-state index contributed by atoms with van der Waals surface area (Å²) < 4.78 is 1.75. The number of rotatable bonds is 3. The second kappa shape index (κ2) is 4.25. The van der Waals surface area contributed by atoms with Crippen molar-refractivity contribution in [2.45, 2.75) is 30.8 Å². The van der Waals surface area contributed by atoms with Gasteiger partial charge in [-0.3, -0.25) is 4.68 Å². The third-order valence-corrected chi connectivity index (χ3v) is 4.16. The third kappa shape index (κ3) is 1.66. The molecule has 1 saturated carbocycles. The van der Waals surface area contributed by atoms with Gasteiger partial charge in [0.1, 0.15) is 0 Å². The second-order valence-corrected chi connectivity index (χ2v) is 5.23. The maximum absolute atomic E-state index is 10.7. The van der Waals surface area contributed by atoms with Crippen LogP contribution in [0.2, 0.25) is 0 Å². The molecule has 0 aliphatic heterocycles. The summed E-state index contributed by atoms with van der Waals surface area (Å²) in [6.45, 7) is 0. The van der Waals surface area contributed by atoms with Crippen molar-refractivity contribution in [3.63, 3.8) is 0 Å². The van der Waals surface area contributed by atoms with Crippen LogP contribution in [0.25, 0.3) is 0 Å². The zero-order valence-electron chi connectivity index (χ0n) is 10.6. The largest absolute Gasteiger partial charge is 0.387 e. The van der Waals surface area contributed by atoms with Gasteiger partial charge in [0.05, 0.1) is 12.3 Å². The summed E-state index contributed by atoms with van der Waals surface area (Å²) in [7, 11) is 1.88. The lowest BCUT2D eigenvalue weighted by Crippen LogP contribution is -2.40. The Morgan fingerprint density at radius 1 is 1.28 bits per heavy atom. The molecule has 1 fully saturated rings. The van der Waals surface area contributed by atoms with Crippen LogP contribution in [0.3, 0.4) is 0 Å². The molecule has 1 atom stereocenters. The van der Waals surface area contributed by atoms with Crippen molar-refractivity contribution in [1.82, 2.24) is 9.78 Å². The van der Waals surface area contributed by atoms with Gasteiger partial charge in [0.25, 0.3) is 0 Å². The Kier molecular flexibility index (Phi) is 2.71. The number of hydrogen-bond acceptors (Lipinski definition) is 2. The number of aryl methyl sites for hydroxylation is 1. The average Bonchev–Trinajstić information content (AvgIpc) is 2.76. The molecule has 0 radical (unpaired) electrons. The number of aliphatic hydroxyl groups excluding tert-OH is 1. The van der Waals surface area contributed by atoms with Crippen molar-refractivity contribution in [2.24, 2.45) is 7.05 Å². The minimum atomic E-state index is -0.456. The van der Waals surface area contributed by atoms with Crippen LogP contribution >= 0.6 is 0 Å². The first-order valence-corrected chi connectivity index (χ1v) is 6.44. The van der Waals surface area contributed by atoms with Gasteiger partial charge in [0.15, 0.2) is 0 Å². The highest BCUT2D eigenvalue weighted by Crippen LogP contribution is 2.51. The molecule has 3 heteroatoms. The summed E-state index contributed by atoms with van der Waals surface area (Å²) in [5.74, 6) is 0. The van der Waals surface area contributed by atoms with Crippen molar-refractivity contribution < 1.29 is 5.11 Å². The number of nitrogens with zero attached hydrogens (tertiary/aromatic N) is 2. The predicted molar refractivity (Wildman–Crippen MR) is 70.1 cm³/mol. The summed E-state index contributed by atoms with van der Waals surface area (Å²) in [5, 5.41) is 14.9. The average molecular weight is 242 g/mol. The number of aromatic nitrogens is 2. The van der Waals surface area contributed by atoms with Crippen LogP contribution in [0.5, 0.6) is 0 Å². The zero-order chi connectivity index (χ0) is 12.6. The molecule has 1 unspecified atom stereocenters. The van der Waals surface area contributed by atoms with Crippen LogP contribution in [0.1, 0.15) is 36.5 Å². The van der Waals surface area contributed by atoms with Gasteiger partial charge in [-0.2, -0.15) is 5.10 Å². The Morgan fingerprint density at radius 3 is 2.50 bits per heavy atom. The van der Waals surface area contributed by atoms with Crippen molar-refractivity contribution in [3.05, 3.63) is 53.9 Å². The standard InChI is InChI=1S/C15H18N2O/c1-17-11-12(10-16-17)14(18)15(8-5-9-15)13-6-3-2-4-7-13/h2-4,6-7,10-11,14,18H,5,8-9H2,1H3. The molecule has 0 bridgehead atoms. The second-order valence-electron chi connectivity index (χ2n) is 5.23. The van der Waals surface area contributed by atoms with Gasteiger partial charge in [-0.1, -0.05) is 36.8 Å². The van der Waals surface area contributed by atoms with Crippen LogP contribution in [0.4, 0.5) is 0 Å². The summed E-state index contributed by atoms with van der Waals surface area (Å²) in [6.07, 6.45) is 6.51. The maximum Gasteiger partial charge on any atom is 0.0916 e. The van der Waals surface area contributed by atoms with E-state index in [1.54, 1.807) is 10.9 Å². The molecule has 2 aromatic rings. The van der Waals surface area contributed by atoms with Crippen molar-refractivity contribution in [1.29, 1.82) is 0 Å². The van der Waals surface area contributed by atoms with Crippen LogP contribution < -0.4 is 0 Å². The topological polar surface area (TPSA) is 38.0 Å². The summed E-state index contributed by atoms with van der Waals surface area (Å²) in [5.41, 5.74) is 2.05. The molecular formula is C15H18N2O. The molecule has 18 heavy (non-hydrogen) atoms. The first kappa shape index (κ1) is 11.5. The number of hydrogen-bond donors (Lipinski definition) is 1. The molecule has 1 aliphatic rings. The van der Waals surface area contributed by atoms with Gasteiger partial charge >= 0.3 is 0 Å². The van der Waals surface area contributed by atoms with Crippen molar-refractivity contribution >= 4 is 0 Å². The van der Waals surface area contributed by atoms with E-state index in [9.17, 15) is 5.11 Å². The Hall–Kier alpha value is -1.61. The smallest absolute Gasteiger partial charge is 0.0916 e. The van der Waals surface area contributed by atoms with E-state index in [-0.39, 0.29) is 5.41 Å². The normalized spacial score (nSPS) is 19.2. The Labute approximate surface area is 107 Å². The van der Waals surface area contributed by atoms with Gasteiger partial charge in [0, 0.05) is 24.2 Å². The van der Waals surface area contributed by atoms with Gasteiger partial charge in [-0.25, -0.2) is 0 Å². The van der Waals surface area contributed by atoms with Crippen molar-refractivity contribution in [2.75, 3.05) is 0 Å². The third-order valence-electron chi connectivity index (χ3n) is 4.16. The first-order valence-electron chi connectivity index (χ1n) is 6.44. The summed E-state index contributed by atoms with van der Waals surface area (Å²) in [6, 6.07) is 10.4. The highest BCUT2D eigenvalue weighted by Gasteiger charge is 2.45. The Morgan fingerprint density at radius 2 is 2.00 bits per heavy atom. The number of benzene rings is 1. The van der Waals surface area contributed by atoms with Gasteiger partial charge in [0.2, 0.25) is 0 Å².